The molecule has 0 spiro atoms. The van der Waals surface area contributed by atoms with Gasteiger partial charge in [0.25, 0.3) is 6.29 Å². The number of carbonyl (C=O) groups excluding carboxylic acids is 2. The zero-order valence-electron chi connectivity index (χ0n) is 11.5. The maximum Gasteiger partial charge on any atom is 0.407 e. The molecule has 2 rings (SSSR count). The van der Waals surface area contributed by atoms with E-state index in [1.165, 1.54) is 6.92 Å². The van der Waals surface area contributed by atoms with Gasteiger partial charge in [0, 0.05) is 12.5 Å². The number of hydrogen-bond donors (Lipinski definition) is 1. The molecule has 108 valence electrons. The molecule has 0 bridgehead atoms. The number of ether oxygens (including phenoxy) is 2. The van der Waals surface area contributed by atoms with E-state index in [9.17, 15) is 9.59 Å². The van der Waals surface area contributed by atoms with E-state index in [-0.39, 0.29) is 0 Å². The first-order valence-corrected chi connectivity index (χ1v) is 6.35. The largest absolute Gasteiger partial charge is 0.421 e. The van der Waals surface area contributed by atoms with Gasteiger partial charge in [0.05, 0.1) is 0 Å². The predicted octanol–water partition coefficient (Wildman–Crippen LogP) is 3.01. The van der Waals surface area contributed by atoms with E-state index < -0.39 is 18.4 Å². The first-order chi connectivity index (χ1) is 10.1. The summed E-state index contributed by atoms with van der Waals surface area (Å²) in [5.41, 5.74) is 7.57. The van der Waals surface area contributed by atoms with Crippen LogP contribution >= 0.6 is 0 Å². The van der Waals surface area contributed by atoms with Crippen LogP contribution in [0.4, 0.5) is 4.79 Å². The molecule has 0 saturated heterocycles. The first kappa shape index (κ1) is 14.6. The second-order valence-electron chi connectivity index (χ2n) is 4.37. The summed E-state index contributed by atoms with van der Waals surface area (Å²) >= 11 is 0. The molecule has 0 radical (unpaired) electrons. The van der Waals surface area contributed by atoms with Gasteiger partial charge in [0.15, 0.2) is 0 Å². The molecule has 2 aromatic carbocycles. The zero-order chi connectivity index (χ0) is 15.2. The maximum atomic E-state index is 11.0. The van der Waals surface area contributed by atoms with E-state index in [2.05, 4.69) is 0 Å². The van der Waals surface area contributed by atoms with Crippen LogP contribution in [0.25, 0.3) is 11.1 Å². The Bertz CT molecular complexity index is 606. The zero-order valence-corrected chi connectivity index (χ0v) is 11.5. The highest BCUT2D eigenvalue weighted by atomic mass is 16.7. The van der Waals surface area contributed by atoms with Gasteiger partial charge < -0.3 is 15.2 Å². The van der Waals surface area contributed by atoms with E-state index in [1.54, 1.807) is 12.1 Å². The van der Waals surface area contributed by atoms with Gasteiger partial charge >= 0.3 is 12.1 Å². The number of rotatable bonds is 4. The van der Waals surface area contributed by atoms with Crippen molar-refractivity contribution >= 4 is 12.1 Å². The Morgan fingerprint density at radius 1 is 0.905 bits per heavy atom. The first-order valence-electron chi connectivity index (χ1n) is 6.35. The molecule has 2 N–H and O–H groups in total. The third kappa shape index (κ3) is 4.07. The van der Waals surface area contributed by atoms with Crippen LogP contribution in [0.3, 0.4) is 0 Å². The molecule has 0 heterocycles. The van der Waals surface area contributed by atoms with Crippen molar-refractivity contribution in [2.45, 2.75) is 13.2 Å². The molecule has 21 heavy (non-hydrogen) atoms. The van der Waals surface area contributed by atoms with Gasteiger partial charge in [0.1, 0.15) is 0 Å². The Morgan fingerprint density at radius 3 is 2.00 bits per heavy atom. The van der Waals surface area contributed by atoms with Crippen molar-refractivity contribution in [3.8, 4) is 11.1 Å². The van der Waals surface area contributed by atoms with Crippen LogP contribution in [0, 0.1) is 0 Å². The number of carbonyl (C=O) groups is 2. The summed E-state index contributed by atoms with van der Waals surface area (Å²) < 4.78 is 9.72. The minimum Gasteiger partial charge on any atom is -0.421 e. The molecule has 0 aliphatic carbocycles. The van der Waals surface area contributed by atoms with Gasteiger partial charge in [0.2, 0.25) is 0 Å². The van der Waals surface area contributed by atoms with Gasteiger partial charge in [-0.2, -0.15) is 0 Å². The molecule has 1 unspecified atom stereocenters. The van der Waals surface area contributed by atoms with Crippen molar-refractivity contribution in [3.05, 3.63) is 60.2 Å². The predicted molar refractivity (Wildman–Crippen MR) is 77.1 cm³/mol. The number of hydrogen-bond acceptors (Lipinski definition) is 4. The third-order valence-corrected chi connectivity index (χ3v) is 2.79. The molecule has 2 aromatic rings. The minimum absolute atomic E-state index is 0.531. The Balaban J connectivity index is 2.22. The molecule has 1 amide bonds. The second-order valence-corrected chi connectivity index (χ2v) is 4.37. The summed E-state index contributed by atoms with van der Waals surface area (Å²) in [5.74, 6) is -0.562. The van der Waals surface area contributed by atoms with Crippen molar-refractivity contribution in [3.63, 3.8) is 0 Å². The normalized spacial score (nSPS) is 11.5. The minimum atomic E-state index is -1.13. The quantitative estimate of drug-likeness (QED) is 0.691. The van der Waals surface area contributed by atoms with Crippen molar-refractivity contribution in [2.24, 2.45) is 5.73 Å². The summed E-state index contributed by atoms with van der Waals surface area (Å²) in [6, 6.07) is 16.9. The smallest absolute Gasteiger partial charge is 0.407 e. The molecule has 0 aliphatic heterocycles. The van der Waals surface area contributed by atoms with Crippen LogP contribution in [0.15, 0.2) is 54.6 Å². The number of esters is 1. The summed E-state index contributed by atoms with van der Waals surface area (Å²) in [4.78, 5) is 21.9. The number of primary amides is 1. The molecular weight excluding hydrogens is 270 g/mol. The Labute approximate surface area is 122 Å². The van der Waals surface area contributed by atoms with Gasteiger partial charge in [-0.25, -0.2) is 4.79 Å². The fraction of sp³-hybridized carbons (Fsp3) is 0.125. The topological polar surface area (TPSA) is 78.6 Å². The van der Waals surface area contributed by atoms with Crippen LogP contribution in [-0.2, 0) is 14.3 Å². The van der Waals surface area contributed by atoms with Crippen LogP contribution in [0.1, 0.15) is 18.8 Å². The molecular formula is C16H15NO4. The summed E-state index contributed by atoms with van der Waals surface area (Å²) in [6.07, 6.45) is -2.14. The lowest BCUT2D eigenvalue weighted by Crippen LogP contribution is -2.20. The maximum absolute atomic E-state index is 11.0. The lowest BCUT2D eigenvalue weighted by atomic mass is 10.0. The molecule has 1 atom stereocenters. The molecule has 5 nitrogen and oxygen atoms in total. The Morgan fingerprint density at radius 2 is 1.48 bits per heavy atom. The number of benzene rings is 2. The summed E-state index contributed by atoms with van der Waals surface area (Å²) in [7, 11) is 0. The number of amides is 1. The van der Waals surface area contributed by atoms with E-state index in [0.29, 0.717) is 5.56 Å². The molecule has 0 fully saturated rings. The van der Waals surface area contributed by atoms with Crippen LogP contribution < -0.4 is 5.73 Å². The lowest BCUT2D eigenvalue weighted by Gasteiger charge is -2.16. The van der Waals surface area contributed by atoms with Crippen molar-refractivity contribution in [2.75, 3.05) is 0 Å². The fourth-order valence-corrected chi connectivity index (χ4v) is 1.88. The van der Waals surface area contributed by atoms with E-state index in [0.717, 1.165) is 11.1 Å². The molecule has 0 aliphatic rings. The standard InChI is InChI=1S/C16H15NO4/c1-11(18)20-15(21-16(17)19)14-9-7-13(8-10-14)12-5-3-2-4-6-12/h2-10,15H,1H3,(H2,17,19). The van der Waals surface area contributed by atoms with Gasteiger partial charge in [-0.15, -0.1) is 0 Å². The third-order valence-electron chi connectivity index (χ3n) is 2.79. The van der Waals surface area contributed by atoms with Crippen LogP contribution in [0.2, 0.25) is 0 Å². The van der Waals surface area contributed by atoms with Crippen molar-refractivity contribution < 1.29 is 19.1 Å². The lowest BCUT2D eigenvalue weighted by molar-refractivity contribution is -0.166. The number of nitrogens with two attached hydrogens (primary N) is 1. The highest BCUT2D eigenvalue weighted by Crippen LogP contribution is 2.24. The van der Waals surface area contributed by atoms with Gasteiger partial charge in [-0.05, 0) is 11.1 Å². The average Bonchev–Trinajstić information content (AvgIpc) is 2.47. The Hall–Kier alpha value is -2.82. The average molecular weight is 285 g/mol. The van der Waals surface area contributed by atoms with Gasteiger partial charge in [-0.3, -0.25) is 4.79 Å². The van der Waals surface area contributed by atoms with Crippen LogP contribution in [0.5, 0.6) is 0 Å². The fourth-order valence-electron chi connectivity index (χ4n) is 1.88. The summed E-state index contributed by atoms with van der Waals surface area (Å²) in [5, 5.41) is 0. The van der Waals surface area contributed by atoms with Crippen LogP contribution in [-0.4, -0.2) is 12.1 Å². The highest BCUT2D eigenvalue weighted by Gasteiger charge is 2.18. The van der Waals surface area contributed by atoms with E-state index in [4.69, 9.17) is 15.2 Å². The summed E-state index contributed by atoms with van der Waals surface area (Å²) in [6.45, 7) is 1.23. The van der Waals surface area contributed by atoms with Crippen molar-refractivity contribution in [1.29, 1.82) is 0 Å². The Kier molecular flexibility index (Phi) is 4.56. The monoisotopic (exact) mass is 285 g/mol. The SMILES string of the molecule is CC(=O)OC(OC(N)=O)c1ccc(-c2ccccc2)cc1. The highest BCUT2D eigenvalue weighted by molar-refractivity contribution is 5.68. The van der Waals surface area contributed by atoms with Crippen molar-refractivity contribution in [1.82, 2.24) is 0 Å². The van der Waals surface area contributed by atoms with Gasteiger partial charge in [-0.1, -0.05) is 54.6 Å². The van der Waals surface area contributed by atoms with E-state index >= 15 is 0 Å². The molecule has 0 aromatic heterocycles. The molecule has 5 heteroatoms. The van der Waals surface area contributed by atoms with E-state index in [1.807, 2.05) is 42.5 Å². The molecule has 0 saturated carbocycles. The second kappa shape index (κ2) is 6.56.